The van der Waals surface area contributed by atoms with Gasteiger partial charge in [0.25, 0.3) is 11.8 Å². The fourth-order valence-corrected chi connectivity index (χ4v) is 6.64. The number of benzene rings is 2. The summed E-state index contributed by atoms with van der Waals surface area (Å²) in [7, 11) is 0. The average Bonchev–Trinajstić information content (AvgIpc) is 4.11. The molecule has 6 N–H and O–H groups in total. The molecular formula is C42H50N6O6. The first-order valence-corrected chi connectivity index (χ1v) is 18.8. The van der Waals surface area contributed by atoms with Gasteiger partial charge in [-0.05, 0) is 134 Å². The number of nitrogens with one attached hydrogen (secondary N) is 4. The van der Waals surface area contributed by atoms with Crippen LogP contribution in [0.25, 0.3) is 11.1 Å². The van der Waals surface area contributed by atoms with Gasteiger partial charge in [0, 0.05) is 42.9 Å². The van der Waals surface area contributed by atoms with Crippen molar-refractivity contribution in [1.29, 1.82) is 0 Å². The van der Waals surface area contributed by atoms with Gasteiger partial charge in [-0.1, -0.05) is 24.3 Å². The first-order valence-electron chi connectivity index (χ1n) is 18.8. The van der Waals surface area contributed by atoms with Gasteiger partial charge in [-0.3, -0.25) is 29.7 Å². The maximum Gasteiger partial charge on any atom is 0.325 e. The van der Waals surface area contributed by atoms with Crippen LogP contribution in [-0.2, 0) is 22.6 Å². The summed E-state index contributed by atoms with van der Waals surface area (Å²) in [6.45, 7) is 8.33. The van der Waals surface area contributed by atoms with E-state index >= 15 is 0 Å². The predicted octanol–water partition coefficient (Wildman–Crippen LogP) is 5.50. The second kappa shape index (κ2) is 17.4. The molecule has 2 heterocycles. The zero-order valence-corrected chi connectivity index (χ0v) is 31.4. The van der Waals surface area contributed by atoms with Crippen LogP contribution in [0.1, 0.15) is 106 Å². The van der Waals surface area contributed by atoms with Crippen molar-refractivity contribution >= 4 is 29.2 Å². The van der Waals surface area contributed by atoms with Crippen molar-refractivity contribution in [2.45, 2.75) is 90.4 Å². The van der Waals surface area contributed by atoms with E-state index in [0.29, 0.717) is 42.0 Å². The summed E-state index contributed by atoms with van der Waals surface area (Å²) in [4.78, 5) is 48.3. The SMILES string of the molecule is CCOC(=O)[C@@H](CO)NCc1cnc(C(=O)Nc2cccc(-c3cccc(NC(=O)c4cc(C5CC5)c(CN[C@@H](C)CO)cn4)c3C)c2C)cc1C1CC1. The van der Waals surface area contributed by atoms with Gasteiger partial charge in [0.1, 0.15) is 17.4 Å². The molecule has 12 nitrogen and oxygen atoms in total. The summed E-state index contributed by atoms with van der Waals surface area (Å²) in [5.74, 6) is -0.404. The fourth-order valence-electron chi connectivity index (χ4n) is 6.64. The zero-order valence-electron chi connectivity index (χ0n) is 31.4. The molecule has 2 aliphatic rings. The monoisotopic (exact) mass is 734 g/mol. The van der Waals surface area contributed by atoms with Crippen molar-refractivity contribution in [3.8, 4) is 11.1 Å². The third-order valence-electron chi connectivity index (χ3n) is 10.2. The van der Waals surface area contributed by atoms with Crippen molar-refractivity contribution in [3.63, 3.8) is 0 Å². The van der Waals surface area contributed by atoms with Crippen LogP contribution in [0.5, 0.6) is 0 Å². The number of rotatable bonds is 17. The molecule has 2 aromatic carbocycles. The van der Waals surface area contributed by atoms with Crippen LogP contribution < -0.4 is 21.3 Å². The summed E-state index contributed by atoms with van der Waals surface area (Å²) >= 11 is 0. The molecule has 284 valence electrons. The molecule has 12 heteroatoms. The minimum atomic E-state index is -0.846. The summed E-state index contributed by atoms with van der Waals surface area (Å²) in [5.41, 5.74) is 9.58. The molecule has 4 aromatic rings. The Labute approximate surface area is 316 Å². The third-order valence-corrected chi connectivity index (χ3v) is 10.2. The first-order chi connectivity index (χ1) is 26.1. The second-order valence-corrected chi connectivity index (χ2v) is 14.3. The number of aliphatic hydroxyl groups excluding tert-OH is 2. The standard InChI is InChI=1S/C42H50N6O6/c1-5-54-42(53)39(23-50)46-21-30-20-45-38(17-34(30)28-14-15-28)41(52)48-36-11-7-9-32(26(36)4)31-8-6-10-35(25(31)3)47-40(51)37-16-33(27-12-13-27)29(19-44-37)18-43-24(2)22-49/h6-11,16-17,19-20,24,27-28,39,43,46,49-50H,5,12-15,18,21-23H2,1-4H3,(H,47,51)(H,48,52)/t24-,39+/m0/s1. The lowest BCUT2D eigenvalue weighted by Crippen LogP contribution is -2.40. The molecule has 6 rings (SSSR count). The average molecular weight is 735 g/mol. The Kier molecular flexibility index (Phi) is 12.5. The van der Waals surface area contributed by atoms with E-state index < -0.39 is 12.0 Å². The number of anilines is 2. The van der Waals surface area contributed by atoms with E-state index in [4.69, 9.17) is 4.74 Å². The van der Waals surface area contributed by atoms with Gasteiger partial charge in [-0.2, -0.15) is 0 Å². The predicted molar refractivity (Wildman–Crippen MR) is 207 cm³/mol. The number of aliphatic hydroxyl groups is 2. The largest absolute Gasteiger partial charge is 0.465 e. The number of carbonyl (C=O) groups excluding carboxylic acids is 3. The number of pyridine rings is 2. The van der Waals surface area contributed by atoms with Gasteiger partial charge in [-0.25, -0.2) is 0 Å². The Balaban J connectivity index is 1.16. The maximum atomic E-state index is 13.6. The van der Waals surface area contributed by atoms with Crippen LogP contribution in [0, 0.1) is 13.8 Å². The van der Waals surface area contributed by atoms with Crippen LogP contribution in [-0.4, -0.2) is 69.9 Å². The molecule has 0 spiro atoms. The summed E-state index contributed by atoms with van der Waals surface area (Å²) in [5, 5.41) is 31.6. The molecular weight excluding hydrogens is 684 g/mol. The highest BCUT2D eigenvalue weighted by Gasteiger charge is 2.29. The third kappa shape index (κ3) is 9.19. The number of esters is 1. The minimum Gasteiger partial charge on any atom is -0.465 e. The van der Waals surface area contributed by atoms with Gasteiger partial charge in [-0.15, -0.1) is 0 Å². The molecule has 0 saturated heterocycles. The Hall–Kier alpha value is -5.01. The lowest BCUT2D eigenvalue weighted by atomic mass is 9.94. The highest BCUT2D eigenvalue weighted by Crippen LogP contribution is 2.43. The van der Waals surface area contributed by atoms with E-state index in [1.807, 2.05) is 69.3 Å². The minimum absolute atomic E-state index is 0.0343. The fraction of sp³-hybridized carbons (Fsp3) is 0.405. The molecule has 2 atom stereocenters. The van der Waals surface area contributed by atoms with Gasteiger partial charge in [0.15, 0.2) is 0 Å². The Morgan fingerprint density at radius 2 is 1.24 bits per heavy atom. The van der Waals surface area contributed by atoms with Gasteiger partial charge >= 0.3 is 5.97 Å². The highest BCUT2D eigenvalue weighted by atomic mass is 16.5. The van der Waals surface area contributed by atoms with Crippen LogP contribution >= 0.6 is 0 Å². The zero-order chi connectivity index (χ0) is 38.4. The molecule has 2 aliphatic carbocycles. The highest BCUT2D eigenvalue weighted by molar-refractivity contribution is 6.05. The molecule has 54 heavy (non-hydrogen) atoms. The molecule has 0 aliphatic heterocycles. The van der Waals surface area contributed by atoms with Crippen molar-refractivity contribution in [1.82, 2.24) is 20.6 Å². The number of hydrogen-bond donors (Lipinski definition) is 6. The van der Waals surface area contributed by atoms with E-state index in [0.717, 1.165) is 70.2 Å². The lowest BCUT2D eigenvalue weighted by Gasteiger charge is -2.18. The number of ether oxygens (including phenoxy) is 1. The van der Waals surface area contributed by atoms with Crippen LogP contribution in [0.3, 0.4) is 0 Å². The van der Waals surface area contributed by atoms with Crippen LogP contribution in [0.4, 0.5) is 11.4 Å². The van der Waals surface area contributed by atoms with E-state index in [-0.39, 0.29) is 43.4 Å². The van der Waals surface area contributed by atoms with E-state index in [1.165, 1.54) is 0 Å². The van der Waals surface area contributed by atoms with Crippen molar-refractivity contribution in [2.75, 3.05) is 30.5 Å². The van der Waals surface area contributed by atoms with Crippen molar-refractivity contribution < 1.29 is 29.3 Å². The van der Waals surface area contributed by atoms with Gasteiger partial charge in [0.05, 0.1) is 19.8 Å². The number of amides is 2. The first kappa shape index (κ1) is 38.7. The van der Waals surface area contributed by atoms with E-state index in [9.17, 15) is 24.6 Å². The summed E-state index contributed by atoms with van der Waals surface area (Å²) < 4.78 is 5.04. The molecule has 0 radical (unpaired) electrons. The molecule has 2 fully saturated rings. The van der Waals surface area contributed by atoms with Crippen LogP contribution in [0.2, 0.25) is 0 Å². The van der Waals surface area contributed by atoms with Gasteiger partial charge in [0.2, 0.25) is 0 Å². The number of aromatic nitrogens is 2. The van der Waals surface area contributed by atoms with E-state index in [1.54, 1.807) is 19.3 Å². The van der Waals surface area contributed by atoms with Crippen molar-refractivity contribution in [3.05, 3.63) is 106 Å². The topological polar surface area (TPSA) is 175 Å². The molecule has 2 aromatic heterocycles. The van der Waals surface area contributed by atoms with Crippen LogP contribution in [0.15, 0.2) is 60.9 Å². The van der Waals surface area contributed by atoms with E-state index in [2.05, 4.69) is 31.2 Å². The number of hydrogen-bond acceptors (Lipinski definition) is 10. The smallest absolute Gasteiger partial charge is 0.325 e. The number of carbonyl (C=O) groups is 3. The molecule has 2 saturated carbocycles. The maximum absolute atomic E-state index is 13.6. The molecule has 0 unspecified atom stereocenters. The number of nitrogens with zero attached hydrogens (tertiary/aromatic N) is 2. The summed E-state index contributed by atoms with van der Waals surface area (Å²) in [6, 6.07) is 14.4. The lowest BCUT2D eigenvalue weighted by molar-refractivity contribution is -0.146. The molecule has 0 bridgehead atoms. The molecule has 2 amide bonds. The Morgan fingerprint density at radius 3 is 1.67 bits per heavy atom. The van der Waals surface area contributed by atoms with Crippen molar-refractivity contribution in [2.24, 2.45) is 0 Å². The Bertz CT molecular complexity index is 2010. The van der Waals surface area contributed by atoms with Gasteiger partial charge < -0.3 is 30.9 Å². The quantitative estimate of drug-likeness (QED) is 0.0760. The summed E-state index contributed by atoms with van der Waals surface area (Å²) in [6.07, 6.45) is 7.61. The second-order valence-electron chi connectivity index (χ2n) is 14.3. The normalized spacial score (nSPS) is 15.0. The Morgan fingerprint density at radius 1 is 0.759 bits per heavy atom.